The van der Waals surface area contributed by atoms with Crippen LogP contribution in [-0.4, -0.2) is 5.78 Å². The summed E-state index contributed by atoms with van der Waals surface area (Å²) in [5.41, 5.74) is 0.918. The smallest absolute Gasteiger partial charge is 0.163 e. The first-order valence-corrected chi connectivity index (χ1v) is 6.33. The standard InChI is InChI=1S/C15H16F2O/c16-13-9-5-8-12(15(13)17)10-14(18)11-6-3-1-2-4-7-11/h5-6,8-9H,1-4,7,10H2. The monoisotopic (exact) mass is 250 g/mol. The molecule has 0 N–H and O–H groups in total. The van der Waals surface area contributed by atoms with Crippen LogP contribution in [0.15, 0.2) is 29.8 Å². The topological polar surface area (TPSA) is 17.1 Å². The largest absolute Gasteiger partial charge is 0.294 e. The van der Waals surface area contributed by atoms with Crippen molar-refractivity contribution in [3.8, 4) is 0 Å². The molecule has 0 radical (unpaired) electrons. The summed E-state index contributed by atoms with van der Waals surface area (Å²) in [5, 5.41) is 0. The van der Waals surface area contributed by atoms with Gasteiger partial charge in [0.05, 0.1) is 0 Å². The normalized spacial score (nSPS) is 16.0. The lowest BCUT2D eigenvalue weighted by Gasteiger charge is -2.06. The highest BCUT2D eigenvalue weighted by Crippen LogP contribution is 2.20. The minimum Gasteiger partial charge on any atom is -0.294 e. The lowest BCUT2D eigenvalue weighted by atomic mass is 9.99. The second kappa shape index (κ2) is 5.89. The SMILES string of the molecule is O=C(Cc1cccc(F)c1F)C1=CCCCCC1. The third kappa shape index (κ3) is 3.03. The Kier molecular flexibility index (Phi) is 4.24. The van der Waals surface area contributed by atoms with Crippen LogP contribution in [0, 0.1) is 11.6 Å². The summed E-state index contributed by atoms with van der Waals surface area (Å²) in [7, 11) is 0. The fourth-order valence-corrected chi connectivity index (χ4v) is 2.24. The molecule has 1 aliphatic carbocycles. The summed E-state index contributed by atoms with van der Waals surface area (Å²) in [6, 6.07) is 3.96. The van der Waals surface area contributed by atoms with E-state index in [2.05, 4.69) is 0 Å². The van der Waals surface area contributed by atoms with Crippen molar-refractivity contribution in [1.82, 2.24) is 0 Å². The van der Waals surface area contributed by atoms with Gasteiger partial charge in [0.15, 0.2) is 17.4 Å². The number of allylic oxidation sites excluding steroid dienone is 2. The Hall–Kier alpha value is -1.51. The molecule has 0 amide bonds. The van der Waals surface area contributed by atoms with Crippen LogP contribution in [-0.2, 0) is 11.2 Å². The molecule has 0 saturated heterocycles. The van der Waals surface area contributed by atoms with Gasteiger partial charge in [-0.25, -0.2) is 8.78 Å². The van der Waals surface area contributed by atoms with Crippen molar-refractivity contribution in [3.63, 3.8) is 0 Å². The summed E-state index contributed by atoms with van der Waals surface area (Å²) in [6.45, 7) is 0. The Balaban J connectivity index is 2.11. The van der Waals surface area contributed by atoms with Gasteiger partial charge in [-0.2, -0.15) is 0 Å². The Labute approximate surface area is 106 Å². The number of ketones is 1. The van der Waals surface area contributed by atoms with E-state index in [9.17, 15) is 13.6 Å². The minimum absolute atomic E-state index is 0.0462. The van der Waals surface area contributed by atoms with Crippen LogP contribution in [0.5, 0.6) is 0 Å². The summed E-state index contributed by atoms with van der Waals surface area (Å²) in [5.74, 6) is -1.88. The predicted octanol–water partition coefficient (Wildman–Crippen LogP) is 3.97. The highest BCUT2D eigenvalue weighted by atomic mass is 19.2. The molecule has 1 aromatic rings. The maximum absolute atomic E-state index is 13.5. The average molecular weight is 250 g/mol. The lowest BCUT2D eigenvalue weighted by molar-refractivity contribution is -0.115. The molecule has 96 valence electrons. The molecule has 0 unspecified atom stereocenters. The van der Waals surface area contributed by atoms with E-state index in [1.807, 2.05) is 6.08 Å². The molecule has 0 spiro atoms. The van der Waals surface area contributed by atoms with E-state index in [1.54, 1.807) is 0 Å². The van der Waals surface area contributed by atoms with Crippen molar-refractivity contribution in [3.05, 3.63) is 47.0 Å². The molecule has 0 heterocycles. The van der Waals surface area contributed by atoms with Crippen LogP contribution < -0.4 is 0 Å². The zero-order valence-corrected chi connectivity index (χ0v) is 10.2. The molecule has 3 heteroatoms. The van der Waals surface area contributed by atoms with Crippen molar-refractivity contribution in [2.45, 2.75) is 38.5 Å². The third-order valence-corrected chi connectivity index (χ3v) is 3.28. The van der Waals surface area contributed by atoms with E-state index >= 15 is 0 Å². The molecule has 2 rings (SSSR count). The molecule has 1 aromatic carbocycles. The maximum atomic E-state index is 13.5. The fourth-order valence-electron chi connectivity index (χ4n) is 2.24. The number of hydrogen-bond donors (Lipinski definition) is 0. The van der Waals surface area contributed by atoms with Crippen LogP contribution >= 0.6 is 0 Å². The first-order chi connectivity index (χ1) is 8.68. The van der Waals surface area contributed by atoms with Crippen LogP contribution in [0.25, 0.3) is 0 Å². The van der Waals surface area contributed by atoms with Crippen molar-refractivity contribution >= 4 is 5.78 Å². The number of hydrogen-bond acceptors (Lipinski definition) is 1. The van der Waals surface area contributed by atoms with Crippen molar-refractivity contribution in [2.24, 2.45) is 0 Å². The number of Topliss-reactive ketones (excluding diaryl/α,β-unsaturated/α-hetero) is 1. The van der Waals surface area contributed by atoms with Crippen molar-refractivity contribution < 1.29 is 13.6 Å². The average Bonchev–Trinajstić information content (AvgIpc) is 2.63. The number of carbonyl (C=O) groups excluding carboxylic acids is 1. The van der Waals surface area contributed by atoms with E-state index in [4.69, 9.17) is 0 Å². The van der Waals surface area contributed by atoms with Gasteiger partial charge < -0.3 is 0 Å². The number of benzene rings is 1. The van der Waals surface area contributed by atoms with Gasteiger partial charge in [0.25, 0.3) is 0 Å². The van der Waals surface area contributed by atoms with Crippen molar-refractivity contribution in [2.75, 3.05) is 0 Å². The molecule has 0 aliphatic heterocycles. The Morgan fingerprint density at radius 1 is 1.17 bits per heavy atom. The maximum Gasteiger partial charge on any atom is 0.163 e. The van der Waals surface area contributed by atoms with Gasteiger partial charge in [0.2, 0.25) is 0 Å². The van der Waals surface area contributed by atoms with E-state index < -0.39 is 11.6 Å². The molecule has 18 heavy (non-hydrogen) atoms. The number of rotatable bonds is 3. The fraction of sp³-hybridized carbons (Fsp3) is 0.400. The molecular formula is C15H16F2O. The van der Waals surface area contributed by atoms with Gasteiger partial charge in [0.1, 0.15) is 0 Å². The van der Waals surface area contributed by atoms with Crippen LogP contribution in [0.3, 0.4) is 0 Å². The zero-order chi connectivity index (χ0) is 13.0. The Morgan fingerprint density at radius 2 is 2.00 bits per heavy atom. The first kappa shape index (κ1) is 12.9. The van der Waals surface area contributed by atoms with Gasteiger partial charge in [-0.1, -0.05) is 24.6 Å². The van der Waals surface area contributed by atoms with Gasteiger partial charge >= 0.3 is 0 Å². The summed E-state index contributed by atoms with van der Waals surface area (Å²) >= 11 is 0. The molecule has 0 atom stereocenters. The lowest BCUT2D eigenvalue weighted by Crippen LogP contribution is -2.08. The Morgan fingerprint density at radius 3 is 2.83 bits per heavy atom. The quantitative estimate of drug-likeness (QED) is 0.793. The van der Waals surface area contributed by atoms with E-state index in [0.717, 1.165) is 43.7 Å². The van der Waals surface area contributed by atoms with Crippen LogP contribution in [0.1, 0.15) is 37.7 Å². The van der Waals surface area contributed by atoms with Gasteiger partial charge in [-0.3, -0.25) is 4.79 Å². The highest BCUT2D eigenvalue weighted by molar-refractivity contribution is 5.96. The molecule has 0 aromatic heterocycles. The number of halogens is 2. The highest BCUT2D eigenvalue weighted by Gasteiger charge is 2.15. The van der Waals surface area contributed by atoms with Gasteiger partial charge in [-0.05, 0) is 42.9 Å². The molecule has 0 fully saturated rings. The summed E-state index contributed by atoms with van der Waals surface area (Å²) < 4.78 is 26.5. The zero-order valence-electron chi connectivity index (χ0n) is 10.2. The second-order valence-corrected chi connectivity index (χ2v) is 4.64. The van der Waals surface area contributed by atoms with Crippen LogP contribution in [0.2, 0.25) is 0 Å². The van der Waals surface area contributed by atoms with Crippen LogP contribution in [0.4, 0.5) is 8.78 Å². The van der Waals surface area contributed by atoms with Gasteiger partial charge in [0, 0.05) is 6.42 Å². The predicted molar refractivity (Wildman–Crippen MR) is 66.2 cm³/mol. The minimum atomic E-state index is -0.903. The molecule has 1 aliphatic rings. The molecule has 0 bridgehead atoms. The number of carbonyl (C=O) groups is 1. The molecular weight excluding hydrogens is 234 g/mol. The van der Waals surface area contributed by atoms with E-state index in [-0.39, 0.29) is 17.8 Å². The summed E-state index contributed by atoms with van der Waals surface area (Å²) in [4.78, 5) is 12.0. The summed E-state index contributed by atoms with van der Waals surface area (Å²) in [6.07, 6.45) is 6.81. The molecule has 1 nitrogen and oxygen atoms in total. The first-order valence-electron chi connectivity index (χ1n) is 6.33. The Bertz CT molecular complexity index is 477. The van der Waals surface area contributed by atoms with Crippen molar-refractivity contribution in [1.29, 1.82) is 0 Å². The van der Waals surface area contributed by atoms with E-state index in [0.29, 0.717) is 0 Å². The van der Waals surface area contributed by atoms with E-state index in [1.165, 1.54) is 12.1 Å². The molecule has 0 saturated carbocycles. The van der Waals surface area contributed by atoms with Gasteiger partial charge in [-0.15, -0.1) is 0 Å². The third-order valence-electron chi connectivity index (χ3n) is 3.28. The second-order valence-electron chi connectivity index (χ2n) is 4.64.